The summed E-state index contributed by atoms with van der Waals surface area (Å²) in [5, 5.41) is 10.2. The van der Waals surface area contributed by atoms with Gasteiger partial charge < -0.3 is 5.32 Å². The molecule has 1 saturated heterocycles. The summed E-state index contributed by atoms with van der Waals surface area (Å²) in [7, 11) is 0. The molecule has 1 aromatic heterocycles. The number of hydrogen-bond acceptors (Lipinski definition) is 3. The smallest absolute Gasteiger partial charge is 0.317 e. The first-order chi connectivity index (χ1) is 10.0. The maximum Gasteiger partial charge on any atom is 0.416 e. The van der Waals surface area contributed by atoms with E-state index in [1.54, 1.807) is 6.07 Å². The molecule has 0 amide bonds. The molecule has 0 spiro atoms. The average Bonchev–Trinajstić information content (AvgIpc) is 2.97. The first-order valence-electron chi connectivity index (χ1n) is 6.85. The van der Waals surface area contributed by atoms with Crippen LogP contribution in [0, 0.1) is 0 Å². The van der Waals surface area contributed by atoms with Gasteiger partial charge in [0.2, 0.25) is 0 Å². The maximum absolute atomic E-state index is 12.7. The molecule has 0 atom stereocenters. The number of rotatable bonds is 2. The van der Waals surface area contributed by atoms with Crippen LogP contribution in [-0.4, -0.2) is 28.3 Å². The van der Waals surface area contributed by atoms with E-state index >= 15 is 0 Å². The van der Waals surface area contributed by atoms with Crippen molar-refractivity contribution in [2.24, 2.45) is 0 Å². The van der Waals surface area contributed by atoms with Crippen molar-refractivity contribution in [2.45, 2.75) is 24.9 Å². The zero-order valence-corrected chi connectivity index (χ0v) is 12.5. The number of nitrogens with one attached hydrogen (secondary N) is 2. The summed E-state index contributed by atoms with van der Waals surface area (Å²) in [6, 6.07) is 5.09. The summed E-state index contributed by atoms with van der Waals surface area (Å²) in [6.45, 7) is 1.84. The molecule has 1 fully saturated rings. The Balaban J connectivity index is 0.00000176. The van der Waals surface area contributed by atoms with Gasteiger partial charge in [0.1, 0.15) is 5.82 Å². The van der Waals surface area contributed by atoms with E-state index in [0.29, 0.717) is 17.3 Å². The Morgan fingerprint density at radius 1 is 1.14 bits per heavy atom. The van der Waals surface area contributed by atoms with Gasteiger partial charge in [-0.3, -0.25) is 5.10 Å². The highest BCUT2D eigenvalue weighted by atomic mass is 35.5. The van der Waals surface area contributed by atoms with Crippen LogP contribution in [0.25, 0.3) is 11.4 Å². The lowest BCUT2D eigenvalue weighted by atomic mass is 9.98. The molecule has 22 heavy (non-hydrogen) atoms. The van der Waals surface area contributed by atoms with E-state index in [-0.39, 0.29) is 12.4 Å². The highest BCUT2D eigenvalue weighted by molar-refractivity contribution is 5.85. The van der Waals surface area contributed by atoms with Gasteiger partial charge in [-0.25, -0.2) is 4.98 Å². The SMILES string of the molecule is Cl.FC(F)(F)c1cccc(-c2n[nH]c(C3CCNCC3)n2)c1. The summed E-state index contributed by atoms with van der Waals surface area (Å²) < 4.78 is 38.2. The second-order valence-corrected chi connectivity index (χ2v) is 5.15. The Labute approximate surface area is 131 Å². The molecule has 120 valence electrons. The van der Waals surface area contributed by atoms with Crippen molar-refractivity contribution in [1.82, 2.24) is 20.5 Å². The third-order valence-corrected chi connectivity index (χ3v) is 3.68. The molecule has 2 heterocycles. The van der Waals surface area contributed by atoms with Gasteiger partial charge in [-0.05, 0) is 38.1 Å². The maximum atomic E-state index is 12.7. The molecule has 0 saturated carbocycles. The molecule has 0 radical (unpaired) electrons. The third-order valence-electron chi connectivity index (χ3n) is 3.68. The van der Waals surface area contributed by atoms with Crippen LogP contribution in [0.5, 0.6) is 0 Å². The van der Waals surface area contributed by atoms with Crippen LogP contribution in [0.3, 0.4) is 0 Å². The van der Waals surface area contributed by atoms with Crippen LogP contribution in [0.1, 0.15) is 30.1 Å². The van der Waals surface area contributed by atoms with Crippen molar-refractivity contribution >= 4 is 12.4 Å². The Kier molecular flexibility index (Phi) is 5.08. The lowest BCUT2D eigenvalue weighted by molar-refractivity contribution is -0.137. The minimum absolute atomic E-state index is 0. The van der Waals surface area contributed by atoms with Crippen LogP contribution in [0.2, 0.25) is 0 Å². The van der Waals surface area contributed by atoms with Gasteiger partial charge in [0.15, 0.2) is 5.82 Å². The topological polar surface area (TPSA) is 53.6 Å². The highest BCUT2D eigenvalue weighted by Gasteiger charge is 2.30. The molecule has 4 nitrogen and oxygen atoms in total. The molecule has 2 N–H and O–H groups in total. The highest BCUT2D eigenvalue weighted by Crippen LogP contribution is 2.31. The van der Waals surface area contributed by atoms with Gasteiger partial charge in [-0.2, -0.15) is 18.3 Å². The van der Waals surface area contributed by atoms with E-state index in [9.17, 15) is 13.2 Å². The summed E-state index contributed by atoms with van der Waals surface area (Å²) in [5.41, 5.74) is -0.311. The van der Waals surface area contributed by atoms with E-state index in [1.807, 2.05) is 0 Å². The number of alkyl halides is 3. The molecule has 8 heteroatoms. The van der Waals surface area contributed by atoms with E-state index in [2.05, 4.69) is 20.5 Å². The molecule has 1 aliphatic rings. The number of halogens is 4. The fraction of sp³-hybridized carbons (Fsp3) is 0.429. The Morgan fingerprint density at radius 2 is 1.86 bits per heavy atom. The first kappa shape index (κ1) is 16.8. The number of H-pyrrole nitrogens is 1. The third kappa shape index (κ3) is 3.59. The number of aromatic nitrogens is 3. The molecule has 3 rings (SSSR count). The normalized spacial score (nSPS) is 16.3. The molecule has 2 aromatic rings. The monoisotopic (exact) mass is 332 g/mol. The van der Waals surface area contributed by atoms with Crippen LogP contribution < -0.4 is 5.32 Å². The number of piperidine rings is 1. The van der Waals surface area contributed by atoms with Gasteiger partial charge in [-0.15, -0.1) is 12.4 Å². The van der Waals surface area contributed by atoms with E-state index < -0.39 is 11.7 Å². The lowest BCUT2D eigenvalue weighted by Crippen LogP contribution is -2.27. The Morgan fingerprint density at radius 3 is 2.55 bits per heavy atom. The van der Waals surface area contributed by atoms with Crippen LogP contribution >= 0.6 is 12.4 Å². The van der Waals surface area contributed by atoms with Crippen LogP contribution in [0.4, 0.5) is 13.2 Å². The van der Waals surface area contributed by atoms with Gasteiger partial charge >= 0.3 is 6.18 Å². The zero-order chi connectivity index (χ0) is 14.9. The number of aromatic amines is 1. The van der Waals surface area contributed by atoms with Gasteiger partial charge in [-0.1, -0.05) is 12.1 Å². The minimum atomic E-state index is -4.36. The average molecular weight is 333 g/mol. The zero-order valence-electron chi connectivity index (χ0n) is 11.7. The quantitative estimate of drug-likeness (QED) is 0.886. The Bertz CT molecular complexity index is 621. The largest absolute Gasteiger partial charge is 0.416 e. The second kappa shape index (κ2) is 6.66. The van der Waals surface area contributed by atoms with Crippen molar-refractivity contribution in [3.8, 4) is 11.4 Å². The van der Waals surface area contributed by atoms with Gasteiger partial charge in [0.05, 0.1) is 5.56 Å². The number of benzene rings is 1. The predicted octanol–water partition coefficient (Wildman–Crippen LogP) is 3.38. The molecular formula is C14H16ClF3N4. The summed E-state index contributed by atoms with van der Waals surface area (Å²) in [5.74, 6) is 1.36. The molecule has 1 aliphatic heterocycles. The molecule has 1 aromatic carbocycles. The summed E-state index contributed by atoms with van der Waals surface area (Å²) >= 11 is 0. The summed E-state index contributed by atoms with van der Waals surface area (Å²) in [6.07, 6.45) is -2.45. The fourth-order valence-corrected chi connectivity index (χ4v) is 2.52. The number of nitrogens with zero attached hydrogens (tertiary/aromatic N) is 2. The first-order valence-corrected chi connectivity index (χ1v) is 6.85. The van der Waals surface area contributed by atoms with Crippen LogP contribution in [0.15, 0.2) is 24.3 Å². The molecular weight excluding hydrogens is 317 g/mol. The summed E-state index contributed by atoms with van der Waals surface area (Å²) in [4.78, 5) is 4.37. The van der Waals surface area contributed by atoms with E-state index in [0.717, 1.165) is 43.9 Å². The van der Waals surface area contributed by atoms with Gasteiger partial charge in [0, 0.05) is 11.5 Å². The lowest BCUT2D eigenvalue weighted by Gasteiger charge is -2.19. The van der Waals surface area contributed by atoms with E-state index in [1.165, 1.54) is 6.07 Å². The van der Waals surface area contributed by atoms with Crippen molar-refractivity contribution in [2.75, 3.05) is 13.1 Å². The van der Waals surface area contributed by atoms with Crippen LogP contribution in [-0.2, 0) is 6.18 Å². The molecule has 0 bridgehead atoms. The van der Waals surface area contributed by atoms with Crippen molar-refractivity contribution in [1.29, 1.82) is 0 Å². The van der Waals surface area contributed by atoms with Crippen molar-refractivity contribution in [3.05, 3.63) is 35.7 Å². The number of hydrogen-bond donors (Lipinski definition) is 2. The predicted molar refractivity (Wildman–Crippen MR) is 78.9 cm³/mol. The Hall–Kier alpha value is -1.60. The molecule has 0 unspecified atom stereocenters. The van der Waals surface area contributed by atoms with E-state index in [4.69, 9.17) is 0 Å². The van der Waals surface area contributed by atoms with Gasteiger partial charge in [0.25, 0.3) is 0 Å². The standard InChI is InChI=1S/C14H15F3N4.ClH/c15-14(16,17)11-3-1-2-10(8-11)13-19-12(20-21-13)9-4-6-18-7-5-9;/h1-3,8-9,18H,4-7H2,(H,19,20,21);1H. The van der Waals surface area contributed by atoms with Crippen molar-refractivity contribution < 1.29 is 13.2 Å². The minimum Gasteiger partial charge on any atom is -0.317 e. The second-order valence-electron chi connectivity index (χ2n) is 5.15. The fourth-order valence-electron chi connectivity index (χ4n) is 2.52. The molecule has 0 aliphatic carbocycles. The van der Waals surface area contributed by atoms with Crippen molar-refractivity contribution in [3.63, 3.8) is 0 Å².